The van der Waals surface area contributed by atoms with Crippen molar-refractivity contribution in [3.8, 4) is 0 Å². The number of halogens is 3. The molecule has 20 heavy (non-hydrogen) atoms. The van der Waals surface area contributed by atoms with E-state index < -0.39 is 0 Å². The van der Waals surface area contributed by atoms with Gasteiger partial charge in [0.1, 0.15) is 22.6 Å². The largest absolute Gasteiger partial charge is 0.339 e. The first-order valence-electron chi connectivity index (χ1n) is 6.26. The van der Waals surface area contributed by atoms with Crippen molar-refractivity contribution in [2.45, 2.75) is 26.7 Å². The smallest absolute Gasteiger partial charge is 0.138 e. The fourth-order valence-corrected chi connectivity index (χ4v) is 2.11. The molecule has 2 aromatic rings. The zero-order valence-electron chi connectivity index (χ0n) is 11.2. The summed E-state index contributed by atoms with van der Waals surface area (Å²) in [5.41, 5.74) is 1.31. The molecule has 1 aromatic carbocycles. The molecule has 0 aliphatic heterocycles. The van der Waals surface area contributed by atoms with Crippen molar-refractivity contribution in [1.82, 2.24) is 9.97 Å². The molecule has 0 saturated carbocycles. The summed E-state index contributed by atoms with van der Waals surface area (Å²) in [7, 11) is 0. The SMILES string of the molecule is CCCc1nc(Cl)c(C)c(Nc2ccc(F)cc2Cl)n1. The molecule has 0 atom stereocenters. The van der Waals surface area contributed by atoms with Gasteiger partial charge in [0.05, 0.1) is 10.7 Å². The van der Waals surface area contributed by atoms with Crippen LogP contribution in [0.1, 0.15) is 24.7 Å². The van der Waals surface area contributed by atoms with E-state index in [9.17, 15) is 4.39 Å². The molecular weight excluding hydrogens is 300 g/mol. The van der Waals surface area contributed by atoms with Crippen molar-refractivity contribution in [1.29, 1.82) is 0 Å². The van der Waals surface area contributed by atoms with Crippen LogP contribution < -0.4 is 5.32 Å². The Balaban J connectivity index is 2.37. The van der Waals surface area contributed by atoms with Gasteiger partial charge in [-0.25, -0.2) is 14.4 Å². The lowest BCUT2D eigenvalue weighted by molar-refractivity contribution is 0.628. The summed E-state index contributed by atoms with van der Waals surface area (Å²) in [4.78, 5) is 8.65. The van der Waals surface area contributed by atoms with Gasteiger partial charge in [-0.05, 0) is 31.5 Å². The van der Waals surface area contributed by atoms with E-state index in [1.165, 1.54) is 12.1 Å². The van der Waals surface area contributed by atoms with Gasteiger partial charge in [0, 0.05) is 12.0 Å². The first kappa shape index (κ1) is 15.0. The van der Waals surface area contributed by atoms with Gasteiger partial charge in [0.15, 0.2) is 0 Å². The van der Waals surface area contributed by atoms with Gasteiger partial charge in [-0.15, -0.1) is 0 Å². The number of hydrogen-bond donors (Lipinski definition) is 1. The zero-order valence-corrected chi connectivity index (χ0v) is 12.7. The van der Waals surface area contributed by atoms with Gasteiger partial charge < -0.3 is 5.32 Å². The minimum Gasteiger partial charge on any atom is -0.339 e. The van der Waals surface area contributed by atoms with Crippen LogP contribution in [0.5, 0.6) is 0 Å². The van der Waals surface area contributed by atoms with Gasteiger partial charge in [-0.2, -0.15) is 0 Å². The normalized spacial score (nSPS) is 10.7. The first-order valence-corrected chi connectivity index (χ1v) is 7.02. The Hall–Kier alpha value is -1.39. The number of aromatic nitrogens is 2. The average Bonchev–Trinajstić information content (AvgIpc) is 2.39. The molecular formula is C14H14Cl2FN3. The molecule has 0 bridgehead atoms. The standard InChI is InChI=1S/C14H14Cl2FN3/c1-3-4-12-19-13(16)8(2)14(20-12)18-11-6-5-9(17)7-10(11)15/h5-7H,3-4H2,1-2H3,(H,18,19,20). The van der Waals surface area contributed by atoms with Crippen LogP contribution in [0.4, 0.5) is 15.9 Å². The third-order valence-corrected chi connectivity index (χ3v) is 3.47. The topological polar surface area (TPSA) is 37.8 Å². The lowest BCUT2D eigenvalue weighted by atomic mass is 10.2. The average molecular weight is 314 g/mol. The van der Waals surface area contributed by atoms with Crippen LogP contribution in [0.15, 0.2) is 18.2 Å². The van der Waals surface area contributed by atoms with Crippen LogP contribution in [0.25, 0.3) is 0 Å². The molecule has 0 spiro atoms. The fraction of sp³-hybridized carbons (Fsp3) is 0.286. The molecule has 0 aliphatic carbocycles. The molecule has 0 amide bonds. The highest BCUT2D eigenvalue weighted by Crippen LogP contribution is 2.28. The summed E-state index contributed by atoms with van der Waals surface area (Å²) in [6, 6.07) is 4.14. The number of benzene rings is 1. The van der Waals surface area contributed by atoms with Crippen LogP contribution in [0.3, 0.4) is 0 Å². The molecule has 0 radical (unpaired) electrons. The Morgan fingerprint density at radius 2 is 2.00 bits per heavy atom. The Kier molecular flexibility index (Phi) is 4.78. The lowest BCUT2D eigenvalue weighted by Crippen LogP contribution is -2.04. The first-order chi connectivity index (χ1) is 9.51. The molecule has 0 unspecified atom stereocenters. The highest BCUT2D eigenvalue weighted by molar-refractivity contribution is 6.33. The number of nitrogens with zero attached hydrogens (tertiary/aromatic N) is 2. The van der Waals surface area contributed by atoms with Crippen LogP contribution >= 0.6 is 23.2 Å². The summed E-state index contributed by atoms with van der Waals surface area (Å²) < 4.78 is 13.0. The minimum atomic E-state index is -0.385. The van der Waals surface area contributed by atoms with Crippen LogP contribution in [0.2, 0.25) is 10.2 Å². The quantitative estimate of drug-likeness (QED) is 0.813. The molecule has 1 N–H and O–H groups in total. The molecule has 3 nitrogen and oxygen atoms in total. The highest BCUT2D eigenvalue weighted by Gasteiger charge is 2.11. The third-order valence-electron chi connectivity index (χ3n) is 2.79. The molecule has 6 heteroatoms. The Morgan fingerprint density at radius 3 is 2.65 bits per heavy atom. The van der Waals surface area contributed by atoms with E-state index in [4.69, 9.17) is 23.2 Å². The predicted octanol–water partition coefficient (Wildman–Crippen LogP) is 4.93. The predicted molar refractivity (Wildman–Crippen MR) is 80.5 cm³/mol. The van der Waals surface area contributed by atoms with Crippen molar-refractivity contribution in [2.75, 3.05) is 5.32 Å². The maximum atomic E-state index is 13.0. The molecule has 106 valence electrons. The van der Waals surface area contributed by atoms with Gasteiger partial charge in [-0.3, -0.25) is 0 Å². The second-order valence-corrected chi connectivity index (χ2v) is 5.17. The summed E-state index contributed by atoms with van der Waals surface area (Å²) in [5.74, 6) is 0.871. The van der Waals surface area contributed by atoms with E-state index in [2.05, 4.69) is 15.3 Å². The second-order valence-electron chi connectivity index (χ2n) is 4.40. The third kappa shape index (κ3) is 3.38. The Morgan fingerprint density at radius 1 is 1.25 bits per heavy atom. The van der Waals surface area contributed by atoms with Crippen molar-refractivity contribution in [2.24, 2.45) is 0 Å². The summed E-state index contributed by atoms with van der Waals surface area (Å²) in [5, 5.41) is 3.77. The van der Waals surface area contributed by atoms with Crippen LogP contribution in [0, 0.1) is 12.7 Å². The summed E-state index contributed by atoms with van der Waals surface area (Å²) in [6.07, 6.45) is 1.67. The van der Waals surface area contributed by atoms with E-state index in [1.54, 1.807) is 6.07 Å². The number of rotatable bonds is 4. The maximum absolute atomic E-state index is 13.0. The van der Waals surface area contributed by atoms with Crippen molar-refractivity contribution in [3.63, 3.8) is 0 Å². The van der Waals surface area contributed by atoms with E-state index in [-0.39, 0.29) is 10.8 Å². The molecule has 1 aromatic heterocycles. The Bertz CT molecular complexity index is 632. The lowest BCUT2D eigenvalue weighted by Gasteiger charge is -2.12. The molecule has 0 saturated heterocycles. The fourth-order valence-electron chi connectivity index (χ4n) is 1.71. The van der Waals surface area contributed by atoms with Crippen molar-refractivity contribution >= 4 is 34.7 Å². The number of hydrogen-bond acceptors (Lipinski definition) is 3. The van der Waals surface area contributed by atoms with Crippen molar-refractivity contribution < 1.29 is 4.39 Å². The number of nitrogens with one attached hydrogen (secondary N) is 1. The van der Waals surface area contributed by atoms with E-state index in [0.717, 1.165) is 18.4 Å². The summed E-state index contributed by atoms with van der Waals surface area (Å²) in [6.45, 7) is 3.86. The summed E-state index contributed by atoms with van der Waals surface area (Å²) >= 11 is 12.1. The molecule has 2 rings (SSSR count). The van der Waals surface area contributed by atoms with Crippen molar-refractivity contribution in [3.05, 3.63) is 45.6 Å². The molecule has 0 aliphatic rings. The van der Waals surface area contributed by atoms with Crippen LogP contribution in [-0.4, -0.2) is 9.97 Å². The van der Waals surface area contributed by atoms with Crippen LogP contribution in [-0.2, 0) is 6.42 Å². The Labute approximate surface area is 127 Å². The van der Waals surface area contributed by atoms with Gasteiger partial charge >= 0.3 is 0 Å². The van der Waals surface area contributed by atoms with Gasteiger partial charge in [-0.1, -0.05) is 30.1 Å². The highest BCUT2D eigenvalue weighted by atomic mass is 35.5. The second kappa shape index (κ2) is 6.37. The number of anilines is 2. The minimum absolute atomic E-state index is 0.288. The van der Waals surface area contributed by atoms with E-state index >= 15 is 0 Å². The maximum Gasteiger partial charge on any atom is 0.138 e. The van der Waals surface area contributed by atoms with Gasteiger partial charge in [0.2, 0.25) is 0 Å². The monoisotopic (exact) mass is 313 g/mol. The van der Waals surface area contributed by atoms with E-state index in [0.29, 0.717) is 22.5 Å². The zero-order chi connectivity index (χ0) is 14.7. The number of aryl methyl sites for hydroxylation is 1. The molecule has 1 heterocycles. The molecule has 0 fully saturated rings. The van der Waals surface area contributed by atoms with E-state index in [1.807, 2.05) is 13.8 Å². The van der Waals surface area contributed by atoms with Gasteiger partial charge in [0.25, 0.3) is 0 Å².